The molecule has 1 aromatic rings. The number of rotatable bonds is 3. The van der Waals surface area contributed by atoms with Gasteiger partial charge in [-0.05, 0) is 12.1 Å². The Morgan fingerprint density at radius 1 is 1.77 bits per heavy atom. The van der Waals surface area contributed by atoms with E-state index in [1.54, 1.807) is 30.1 Å². The Labute approximate surface area is 76.0 Å². The fourth-order valence-electron chi connectivity index (χ4n) is 0.843. The number of hydrogen-bond donors (Lipinski definition) is 1. The van der Waals surface area contributed by atoms with Gasteiger partial charge in [-0.3, -0.25) is 14.3 Å². The molecule has 0 saturated carbocycles. The van der Waals surface area contributed by atoms with Gasteiger partial charge in [0.15, 0.2) is 0 Å². The maximum atomic E-state index is 10.9. The number of hydrogen-bond acceptors (Lipinski definition) is 3. The van der Waals surface area contributed by atoms with Crippen molar-refractivity contribution in [1.29, 1.82) is 0 Å². The monoisotopic (exact) mass is 181 g/mol. The minimum absolute atomic E-state index is 0.302. The minimum Gasteiger partial charge on any atom is -0.277 e. The van der Waals surface area contributed by atoms with Gasteiger partial charge in [-0.15, -0.1) is 0 Å². The number of nitrogens with one attached hydrogen (secondary N) is 1. The zero-order chi connectivity index (χ0) is 9.68. The molecule has 1 amide bonds. The van der Waals surface area contributed by atoms with Crippen molar-refractivity contribution in [2.45, 2.75) is 0 Å². The van der Waals surface area contributed by atoms with E-state index in [1.807, 2.05) is 0 Å². The molecule has 5 heteroatoms. The standard InChI is InChI=1S/C8H11N3O2/c1-11-7(5-6-9-11)3-4-8(12)10-13-2/h3-6H,1-2H3,(H,10,12). The normalized spacial score (nSPS) is 10.6. The predicted molar refractivity (Wildman–Crippen MR) is 47.4 cm³/mol. The van der Waals surface area contributed by atoms with E-state index < -0.39 is 0 Å². The molecule has 0 saturated heterocycles. The first-order chi connectivity index (χ1) is 6.24. The van der Waals surface area contributed by atoms with Crippen molar-refractivity contribution < 1.29 is 9.63 Å². The van der Waals surface area contributed by atoms with Gasteiger partial charge in [0, 0.05) is 19.3 Å². The molecule has 0 atom stereocenters. The zero-order valence-electron chi connectivity index (χ0n) is 7.52. The van der Waals surface area contributed by atoms with E-state index in [9.17, 15) is 4.79 Å². The van der Waals surface area contributed by atoms with Crippen molar-refractivity contribution in [3.8, 4) is 0 Å². The van der Waals surface area contributed by atoms with Gasteiger partial charge in [-0.2, -0.15) is 5.10 Å². The summed E-state index contributed by atoms with van der Waals surface area (Å²) in [5, 5.41) is 3.94. The van der Waals surface area contributed by atoms with Crippen LogP contribution in [0.4, 0.5) is 0 Å². The van der Waals surface area contributed by atoms with Gasteiger partial charge >= 0.3 is 0 Å². The highest BCUT2D eigenvalue weighted by atomic mass is 16.6. The average Bonchev–Trinajstić information content (AvgIpc) is 2.48. The highest BCUT2D eigenvalue weighted by Gasteiger charge is 1.94. The molecule has 70 valence electrons. The highest BCUT2D eigenvalue weighted by Crippen LogP contribution is 1.98. The van der Waals surface area contributed by atoms with E-state index in [-0.39, 0.29) is 5.91 Å². The molecule has 0 bridgehead atoms. The van der Waals surface area contributed by atoms with E-state index in [1.165, 1.54) is 13.2 Å². The molecule has 0 aliphatic rings. The lowest BCUT2D eigenvalue weighted by atomic mass is 10.4. The lowest BCUT2D eigenvalue weighted by Crippen LogP contribution is -2.18. The lowest BCUT2D eigenvalue weighted by molar-refractivity contribution is -0.126. The Kier molecular flexibility index (Phi) is 3.22. The van der Waals surface area contributed by atoms with Crippen molar-refractivity contribution >= 4 is 12.0 Å². The number of carbonyl (C=O) groups is 1. The molecule has 0 aromatic carbocycles. The van der Waals surface area contributed by atoms with E-state index >= 15 is 0 Å². The van der Waals surface area contributed by atoms with Crippen molar-refractivity contribution in [2.75, 3.05) is 7.11 Å². The van der Waals surface area contributed by atoms with Crippen LogP contribution in [0, 0.1) is 0 Å². The maximum Gasteiger partial charge on any atom is 0.267 e. The second kappa shape index (κ2) is 4.42. The maximum absolute atomic E-state index is 10.9. The molecule has 0 fully saturated rings. The molecule has 0 unspecified atom stereocenters. The van der Waals surface area contributed by atoms with Crippen LogP contribution in [0.1, 0.15) is 5.69 Å². The van der Waals surface area contributed by atoms with Gasteiger partial charge in [0.1, 0.15) is 0 Å². The van der Waals surface area contributed by atoms with Gasteiger partial charge in [-0.1, -0.05) is 0 Å². The quantitative estimate of drug-likeness (QED) is 0.532. The molecule has 13 heavy (non-hydrogen) atoms. The summed E-state index contributed by atoms with van der Waals surface area (Å²) >= 11 is 0. The number of amides is 1. The number of nitrogens with zero attached hydrogens (tertiary/aromatic N) is 2. The first-order valence-electron chi connectivity index (χ1n) is 3.73. The van der Waals surface area contributed by atoms with Crippen LogP contribution in [0.2, 0.25) is 0 Å². The number of hydroxylamine groups is 1. The summed E-state index contributed by atoms with van der Waals surface area (Å²) in [6.45, 7) is 0. The number of aromatic nitrogens is 2. The summed E-state index contributed by atoms with van der Waals surface area (Å²) in [6, 6.07) is 1.80. The summed E-state index contributed by atoms with van der Waals surface area (Å²) in [6.07, 6.45) is 4.69. The van der Waals surface area contributed by atoms with Gasteiger partial charge in [0.05, 0.1) is 12.8 Å². The van der Waals surface area contributed by atoms with Crippen LogP contribution in [0.15, 0.2) is 18.3 Å². The van der Waals surface area contributed by atoms with Gasteiger partial charge in [-0.25, -0.2) is 5.48 Å². The van der Waals surface area contributed by atoms with Crippen molar-refractivity contribution in [3.63, 3.8) is 0 Å². The number of carbonyl (C=O) groups excluding carboxylic acids is 1. The summed E-state index contributed by atoms with van der Waals surface area (Å²) in [5.74, 6) is -0.302. The van der Waals surface area contributed by atoms with Crippen molar-refractivity contribution in [1.82, 2.24) is 15.3 Å². The lowest BCUT2D eigenvalue weighted by Gasteiger charge is -1.95. The van der Waals surface area contributed by atoms with Crippen LogP contribution in [0.5, 0.6) is 0 Å². The van der Waals surface area contributed by atoms with E-state index in [0.717, 1.165) is 5.69 Å². The summed E-state index contributed by atoms with van der Waals surface area (Å²) in [4.78, 5) is 15.3. The Hall–Kier alpha value is -1.62. The average molecular weight is 181 g/mol. The SMILES string of the molecule is CONC(=O)C=Cc1ccnn1C. The first-order valence-corrected chi connectivity index (χ1v) is 3.73. The van der Waals surface area contributed by atoms with E-state index in [4.69, 9.17) is 0 Å². The largest absolute Gasteiger partial charge is 0.277 e. The highest BCUT2D eigenvalue weighted by molar-refractivity contribution is 5.90. The van der Waals surface area contributed by atoms with Gasteiger partial charge in [0.2, 0.25) is 0 Å². The Balaban J connectivity index is 2.58. The molecule has 5 nitrogen and oxygen atoms in total. The molecule has 1 rings (SSSR count). The first kappa shape index (κ1) is 9.47. The fourth-order valence-corrected chi connectivity index (χ4v) is 0.843. The fraction of sp³-hybridized carbons (Fsp3) is 0.250. The molecular weight excluding hydrogens is 170 g/mol. The van der Waals surface area contributed by atoms with Crippen LogP contribution in [-0.2, 0) is 16.7 Å². The topological polar surface area (TPSA) is 56.1 Å². The molecule has 1 aromatic heterocycles. The third-order valence-electron chi connectivity index (χ3n) is 1.47. The van der Waals surface area contributed by atoms with Crippen molar-refractivity contribution in [3.05, 3.63) is 24.0 Å². The molecule has 1 N–H and O–H groups in total. The summed E-state index contributed by atoms with van der Waals surface area (Å²) < 4.78 is 1.66. The number of aryl methyl sites for hydroxylation is 1. The summed E-state index contributed by atoms with van der Waals surface area (Å²) in [7, 11) is 3.18. The van der Waals surface area contributed by atoms with Crippen LogP contribution in [-0.4, -0.2) is 22.8 Å². The van der Waals surface area contributed by atoms with Gasteiger partial charge < -0.3 is 0 Å². The van der Waals surface area contributed by atoms with Crippen LogP contribution < -0.4 is 5.48 Å². The van der Waals surface area contributed by atoms with E-state index in [0.29, 0.717) is 0 Å². The van der Waals surface area contributed by atoms with Crippen LogP contribution in [0.25, 0.3) is 6.08 Å². The molecule has 0 aliphatic carbocycles. The molecule has 1 heterocycles. The molecule has 0 radical (unpaired) electrons. The second-order valence-electron chi connectivity index (χ2n) is 2.38. The Morgan fingerprint density at radius 2 is 2.54 bits per heavy atom. The molecular formula is C8H11N3O2. The van der Waals surface area contributed by atoms with Crippen LogP contribution >= 0.6 is 0 Å². The van der Waals surface area contributed by atoms with Crippen molar-refractivity contribution in [2.24, 2.45) is 7.05 Å². The second-order valence-corrected chi connectivity index (χ2v) is 2.38. The Bertz CT molecular complexity index is 317. The van der Waals surface area contributed by atoms with E-state index in [2.05, 4.69) is 15.4 Å². The van der Waals surface area contributed by atoms with Crippen LogP contribution in [0.3, 0.4) is 0 Å². The Morgan fingerprint density at radius 3 is 3.08 bits per heavy atom. The smallest absolute Gasteiger partial charge is 0.267 e. The van der Waals surface area contributed by atoms with Gasteiger partial charge in [0.25, 0.3) is 5.91 Å². The summed E-state index contributed by atoms with van der Waals surface area (Å²) in [5.41, 5.74) is 3.03. The minimum atomic E-state index is -0.302. The molecule has 0 spiro atoms. The third-order valence-corrected chi connectivity index (χ3v) is 1.47. The third kappa shape index (κ3) is 2.72. The predicted octanol–water partition coefficient (Wildman–Crippen LogP) is 0.111. The zero-order valence-corrected chi connectivity index (χ0v) is 7.52. The molecule has 0 aliphatic heterocycles.